The molecule has 110 valence electrons. The van der Waals surface area contributed by atoms with E-state index in [1.165, 1.54) is 5.56 Å². The third-order valence-corrected chi connectivity index (χ3v) is 4.14. The van der Waals surface area contributed by atoms with E-state index in [2.05, 4.69) is 29.6 Å². The van der Waals surface area contributed by atoms with Crippen LogP contribution in [0.3, 0.4) is 0 Å². The molecule has 1 aromatic carbocycles. The highest BCUT2D eigenvalue weighted by Gasteiger charge is 2.34. The first kappa shape index (κ1) is 15.0. The zero-order chi connectivity index (χ0) is 14.4. The van der Waals surface area contributed by atoms with Gasteiger partial charge in [-0.3, -0.25) is 4.79 Å². The standard InChI is InChI=1S/C16H25N3O/c1-18-9-5-8-16(20)19-11-14(10-17)15(12-19)13-6-3-2-4-7-13/h2-4,6-7,14-15,18H,5,8-12,17H2,1H3/t14-,15+/m1/s1. The number of amides is 1. The van der Waals surface area contributed by atoms with Crippen LogP contribution in [0, 0.1) is 5.92 Å². The average Bonchev–Trinajstić information content (AvgIpc) is 2.92. The zero-order valence-electron chi connectivity index (χ0n) is 12.2. The van der Waals surface area contributed by atoms with E-state index < -0.39 is 0 Å². The van der Waals surface area contributed by atoms with Gasteiger partial charge in [0.1, 0.15) is 0 Å². The summed E-state index contributed by atoms with van der Waals surface area (Å²) in [5.74, 6) is 1.03. The molecular formula is C16H25N3O. The van der Waals surface area contributed by atoms with Gasteiger partial charge >= 0.3 is 0 Å². The molecule has 0 bridgehead atoms. The average molecular weight is 275 g/mol. The number of benzene rings is 1. The van der Waals surface area contributed by atoms with Gasteiger partial charge in [-0.15, -0.1) is 0 Å². The number of hydrogen-bond donors (Lipinski definition) is 2. The SMILES string of the molecule is CNCCCC(=O)N1C[C@@H](CN)[C@H](c2ccccc2)C1. The minimum Gasteiger partial charge on any atom is -0.342 e. The Kier molecular flexibility index (Phi) is 5.56. The van der Waals surface area contributed by atoms with Gasteiger partial charge < -0.3 is 16.0 Å². The van der Waals surface area contributed by atoms with Gasteiger partial charge in [-0.2, -0.15) is 0 Å². The van der Waals surface area contributed by atoms with Gasteiger partial charge in [-0.05, 0) is 38.0 Å². The summed E-state index contributed by atoms with van der Waals surface area (Å²) >= 11 is 0. The second-order valence-electron chi connectivity index (χ2n) is 5.52. The summed E-state index contributed by atoms with van der Waals surface area (Å²) in [6, 6.07) is 10.4. The molecule has 3 N–H and O–H groups in total. The normalized spacial score (nSPS) is 22.2. The molecule has 0 saturated carbocycles. The summed E-state index contributed by atoms with van der Waals surface area (Å²) in [5, 5.41) is 3.08. The summed E-state index contributed by atoms with van der Waals surface area (Å²) in [5.41, 5.74) is 7.20. The van der Waals surface area contributed by atoms with E-state index >= 15 is 0 Å². The van der Waals surface area contributed by atoms with Crippen molar-refractivity contribution in [2.24, 2.45) is 11.7 Å². The molecule has 1 aliphatic heterocycles. The van der Waals surface area contributed by atoms with Crippen molar-refractivity contribution < 1.29 is 4.79 Å². The summed E-state index contributed by atoms with van der Waals surface area (Å²) in [7, 11) is 1.91. The second-order valence-corrected chi connectivity index (χ2v) is 5.52. The lowest BCUT2D eigenvalue weighted by Crippen LogP contribution is -2.30. The van der Waals surface area contributed by atoms with E-state index in [0.29, 0.717) is 24.8 Å². The summed E-state index contributed by atoms with van der Waals surface area (Å²) in [6.07, 6.45) is 1.52. The van der Waals surface area contributed by atoms with Crippen LogP contribution in [0.4, 0.5) is 0 Å². The van der Waals surface area contributed by atoms with E-state index in [1.54, 1.807) is 0 Å². The first-order chi connectivity index (χ1) is 9.76. The van der Waals surface area contributed by atoms with Crippen molar-refractivity contribution in [3.8, 4) is 0 Å². The molecule has 2 atom stereocenters. The maximum absolute atomic E-state index is 12.2. The molecule has 1 aromatic rings. The van der Waals surface area contributed by atoms with Crippen molar-refractivity contribution in [3.05, 3.63) is 35.9 Å². The smallest absolute Gasteiger partial charge is 0.222 e. The highest BCUT2D eigenvalue weighted by molar-refractivity contribution is 5.76. The van der Waals surface area contributed by atoms with Crippen molar-refractivity contribution in [1.82, 2.24) is 10.2 Å². The van der Waals surface area contributed by atoms with Crippen LogP contribution in [0.25, 0.3) is 0 Å². The Morgan fingerprint density at radius 2 is 2.10 bits per heavy atom. The first-order valence-corrected chi connectivity index (χ1v) is 7.43. The molecule has 0 aromatic heterocycles. The fourth-order valence-electron chi connectivity index (χ4n) is 2.97. The number of hydrogen-bond acceptors (Lipinski definition) is 3. The molecule has 0 spiro atoms. The maximum Gasteiger partial charge on any atom is 0.222 e. The summed E-state index contributed by atoms with van der Waals surface area (Å²) in [6.45, 7) is 3.14. The molecule has 0 unspecified atom stereocenters. The van der Waals surface area contributed by atoms with Crippen LogP contribution in [0.2, 0.25) is 0 Å². The quantitative estimate of drug-likeness (QED) is 0.767. The third-order valence-electron chi connectivity index (χ3n) is 4.14. The lowest BCUT2D eigenvalue weighted by Gasteiger charge is -2.16. The maximum atomic E-state index is 12.2. The predicted molar refractivity (Wildman–Crippen MR) is 81.5 cm³/mol. The molecule has 20 heavy (non-hydrogen) atoms. The van der Waals surface area contributed by atoms with Gasteiger partial charge in [0.25, 0.3) is 0 Å². The predicted octanol–water partition coefficient (Wildman–Crippen LogP) is 1.19. The van der Waals surface area contributed by atoms with Gasteiger partial charge in [-0.25, -0.2) is 0 Å². The van der Waals surface area contributed by atoms with E-state index in [-0.39, 0.29) is 5.91 Å². The zero-order valence-corrected chi connectivity index (χ0v) is 12.2. The van der Waals surface area contributed by atoms with Crippen LogP contribution >= 0.6 is 0 Å². The Morgan fingerprint density at radius 1 is 1.35 bits per heavy atom. The van der Waals surface area contributed by atoms with Crippen molar-refractivity contribution in [2.45, 2.75) is 18.8 Å². The largest absolute Gasteiger partial charge is 0.342 e. The lowest BCUT2D eigenvalue weighted by molar-refractivity contribution is -0.130. The topological polar surface area (TPSA) is 58.4 Å². The van der Waals surface area contributed by atoms with Gasteiger partial charge in [0, 0.05) is 25.4 Å². The van der Waals surface area contributed by atoms with Gasteiger partial charge in [0.2, 0.25) is 5.91 Å². The highest BCUT2D eigenvalue weighted by Crippen LogP contribution is 2.32. The van der Waals surface area contributed by atoms with E-state index in [1.807, 2.05) is 18.0 Å². The van der Waals surface area contributed by atoms with Crippen LogP contribution < -0.4 is 11.1 Å². The number of nitrogens with zero attached hydrogens (tertiary/aromatic N) is 1. The minimum atomic E-state index is 0.261. The van der Waals surface area contributed by atoms with E-state index in [0.717, 1.165) is 26.1 Å². The number of rotatable bonds is 6. The Balaban J connectivity index is 1.97. The minimum absolute atomic E-state index is 0.261. The van der Waals surface area contributed by atoms with Gasteiger partial charge in [-0.1, -0.05) is 30.3 Å². The number of nitrogens with two attached hydrogens (primary N) is 1. The van der Waals surface area contributed by atoms with Crippen LogP contribution in [0.1, 0.15) is 24.3 Å². The Morgan fingerprint density at radius 3 is 2.75 bits per heavy atom. The molecule has 1 heterocycles. The fraction of sp³-hybridized carbons (Fsp3) is 0.562. The molecule has 1 fully saturated rings. The number of carbonyl (C=O) groups excluding carboxylic acids is 1. The second kappa shape index (κ2) is 7.41. The molecule has 0 radical (unpaired) electrons. The van der Waals surface area contributed by atoms with Gasteiger partial charge in [0.05, 0.1) is 0 Å². The molecular weight excluding hydrogens is 250 g/mol. The van der Waals surface area contributed by atoms with Crippen molar-refractivity contribution in [1.29, 1.82) is 0 Å². The molecule has 4 heteroatoms. The van der Waals surface area contributed by atoms with Crippen LogP contribution in [-0.4, -0.2) is 44.0 Å². The monoisotopic (exact) mass is 275 g/mol. The lowest BCUT2D eigenvalue weighted by atomic mass is 9.89. The summed E-state index contributed by atoms with van der Waals surface area (Å²) in [4.78, 5) is 14.2. The first-order valence-electron chi connectivity index (χ1n) is 7.43. The van der Waals surface area contributed by atoms with Crippen molar-refractivity contribution in [3.63, 3.8) is 0 Å². The van der Waals surface area contributed by atoms with Crippen LogP contribution in [-0.2, 0) is 4.79 Å². The fourth-order valence-corrected chi connectivity index (χ4v) is 2.97. The molecule has 1 aliphatic rings. The molecule has 0 aliphatic carbocycles. The number of likely N-dealkylation sites (tertiary alicyclic amines) is 1. The Hall–Kier alpha value is -1.39. The van der Waals surface area contributed by atoms with E-state index in [4.69, 9.17) is 5.73 Å². The van der Waals surface area contributed by atoms with E-state index in [9.17, 15) is 4.79 Å². The number of carbonyl (C=O) groups is 1. The molecule has 2 rings (SSSR count). The van der Waals surface area contributed by atoms with Crippen molar-refractivity contribution in [2.75, 3.05) is 33.2 Å². The van der Waals surface area contributed by atoms with Crippen LogP contribution in [0.15, 0.2) is 30.3 Å². The molecule has 4 nitrogen and oxygen atoms in total. The van der Waals surface area contributed by atoms with Crippen molar-refractivity contribution >= 4 is 5.91 Å². The molecule has 1 saturated heterocycles. The molecule has 1 amide bonds. The van der Waals surface area contributed by atoms with Crippen LogP contribution in [0.5, 0.6) is 0 Å². The third kappa shape index (κ3) is 3.58. The number of nitrogens with one attached hydrogen (secondary N) is 1. The van der Waals surface area contributed by atoms with Gasteiger partial charge in [0.15, 0.2) is 0 Å². The highest BCUT2D eigenvalue weighted by atomic mass is 16.2. The Bertz CT molecular complexity index is 421. The Labute approximate surface area is 121 Å². The summed E-state index contributed by atoms with van der Waals surface area (Å²) < 4.78 is 0.